The first kappa shape index (κ1) is 8.56. The lowest BCUT2D eigenvalue weighted by molar-refractivity contribution is -0.0643. The molecule has 0 saturated carbocycles. The smallest absolute Gasteiger partial charge is 0.121 e. The van der Waals surface area contributed by atoms with Gasteiger partial charge in [0, 0.05) is 13.1 Å². The highest BCUT2D eigenvalue weighted by atomic mass is 16.5. The summed E-state index contributed by atoms with van der Waals surface area (Å²) < 4.78 is 6.96. The molecule has 13 heavy (non-hydrogen) atoms. The topological polar surface area (TPSA) is 53.1 Å². The SMILES string of the molecule is CCC1(c2cc(N)n(C)n2)COC1. The van der Waals surface area contributed by atoms with Crippen LogP contribution in [0.5, 0.6) is 0 Å². The lowest BCUT2D eigenvalue weighted by atomic mass is 9.80. The van der Waals surface area contributed by atoms with E-state index < -0.39 is 0 Å². The third kappa shape index (κ3) is 1.13. The van der Waals surface area contributed by atoms with Crippen molar-refractivity contribution in [2.45, 2.75) is 18.8 Å². The Bertz CT molecular complexity index is 290. The van der Waals surface area contributed by atoms with Crippen LogP contribution in [0.1, 0.15) is 19.0 Å². The first-order valence-corrected chi connectivity index (χ1v) is 4.56. The molecule has 1 aliphatic rings. The first-order chi connectivity index (χ1) is 6.18. The van der Waals surface area contributed by atoms with Gasteiger partial charge in [-0.25, -0.2) is 0 Å². The molecule has 0 bridgehead atoms. The van der Waals surface area contributed by atoms with Gasteiger partial charge in [-0.3, -0.25) is 4.68 Å². The fourth-order valence-electron chi connectivity index (χ4n) is 1.62. The van der Waals surface area contributed by atoms with Crippen LogP contribution >= 0.6 is 0 Å². The van der Waals surface area contributed by atoms with E-state index >= 15 is 0 Å². The molecule has 1 saturated heterocycles. The Morgan fingerprint density at radius 1 is 1.69 bits per heavy atom. The molecule has 2 rings (SSSR count). The maximum Gasteiger partial charge on any atom is 0.121 e. The Kier molecular flexibility index (Phi) is 1.80. The minimum Gasteiger partial charge on any atom is -0.384 e. The third-order valence-corrected chi connectivity index (χ3v) is 2.89. The van der Waals surface area contributed by atoms with Gasteiger partial charge in [0.05, 0.1) is 24.3 Å². The number of ether oxygens (including phenoxy) is 1. The Labute approximate surface area is 77.7 Å². The lowest BCUT2D eigenvalue weighted by Gasteiger charge is -2.39. The minimum absolute atomic E-state index is 0.134. The van der Waals surface area contributed by atoms with Crippen molar-refractivity contribution in [2.24, 2.45) is 7.05 Å². The molecule has 1 aliphatic heterocycles. The zero-order valence-electron chi connectivity index (χ0n) is 8.08. The summed E-state index contributed by atoms with van der Waals surface area (Å²) in [6.07, 6.45) is 1.06. The average Bonchev–Trinajstić information content (AvgIpc) is 2.31. The van der Waals surface area contributed by atoms with Crippen LogP contribution in [0.2, 0.25) is 0 Å². The van der Waals surface area contributed by atoms with Gasteiger partial charge in [-0.2, -0.15) is 5.10 Å². The molecule has 1 fully saturated rings. The third-order valence-electron chi connectivity index (χ3n) is 2.89. The van der Waals surface area contributed by atoms with Gasteiger partial charge < -0.3 is 10.5 Å². The van der Waals surface area contributed by atoms with Gasteiger partial charge >= 0.3 is 0 Å². The van der Waals surface area contributed by atoms with Crippen molar-refractivity contribution >= 4 is 5.82 Å². The molecule has 0 unspecified atom stereocenters. The molecule has 0 atom stereocenters. The number of hydrogen-bond donors (Lipinski definition) is 1. The Hall–Kier alpha value is -1.03. The largest absolute Gasteiger partial charge is 0.384 e. The van der Waals surface area contributed by atoms with E-state index in [-0.39, 0.29) is 5.41 Å². The van der Waals surface area contributed by atoms with Crippen LogP contribution in [0, 0.1) is 0 Å². The maximum atomic E-state index is 5.73. The second-order valence-electron chi connectivity index (χ2n) is 3.70. The molecule has 0 spiro atoms. The van der Waals surface area contributed by atoms with Gasteiger partial charge in [0.25, 0.3) is 0 Å². The summed E-state index contributed by atoms with van der Waals surface area (Å²) in [5.74, 6) is 0.717. The molecular weight excluding hydrogens is 166 g/mol. The Morgan fingerprint density at radius 3 is 2.69 bits per heavy atom. The van der Waals surface area contributed by atoms with Gasteiger partial charge in [0.2, 0.25) is 0 Å². The van der Waals surface area contributed by atoms with E-state index in [1.807, 2.05) is 13.1 Å². The van der Waals surface area contributed by atoms with E-state index in [4.69, 9.17) is 10.5 Å². The Morgan fingerprint density at radius 2 is 2.38 bits per heavy atom. The zero-order valence-corrected chi connectivity index (χ0v) is 8.08. The molecule has 0 aliphatic carbocycles. The average molecular weight is 181 g/mol. The van der Waals surface area contributed by atoms with E-state index in [9.17, 15) is 0 Å². The number of nitrogens with two attached hydrogens (primary N) is 1. The molecule has 1 aromatic heterocycles. The molecule has 4 nitrogen and oxygen atoms in total. The Balaban J connectivity index is 2.33. The molecule has 0 aromatic carbocycles. The van der Waals surface area contributed by atoms with Gasteiger partial charge in [-0.1, -0.05) is 6.92 Å². The van der Waals surface area contributed by atoms with Crippen LogP contribution in [0.15, 0.2) is 6.07 Å². The molecule has 0 amide bonds. The molecule has 72 valence electrons. The number of rotatable bonds is 2. The van der Waals surface area contributed by atoms with Crippen molar-refractivity contribution in [3.8, 4) is 0 Å². The van der Waals surface area contributed by atoms with E-state index in [2.05, 4.69) is 12.0 Å². The van der Waals surface area contributed by atoms with Gasteiger partial charge in [0.1, 0.15) is 5.82 Å². The lowest BCUT2D eigenvalue weighted by Crippen LogP contribution is -2.46. The van der Waals surface area contributed by atoms with Crippen LogP contribution in [-0.2, 0) is 17.2 Å². The minimum atomic E-state index is 0.134. The highest BCUT2D eigenvalue weighted by Gasteiger charge is 2.40. The molecule has 2 N–H and O–H groups in total. The standard InChI is InChI=1S/C9H15N3O/c1-3-9(5-13-6-9)7-4-8(10)12(2)11-7/h4H,3,5-6,10H2,1-2H3. The van der Waals surface area contributed by atoms with Crippen molar-refractivity contribution in [2.75, 3.05) is 18.9 Å². The molecule has 1 aromatic rings. The number of nitrogens with zero attached hydrogens (tertiary/aromatic N) is 2. The van der Waals surface area contributed by atoms with Gasteiger partial charge in [-0.15, -0.1) is 0 Å². The van der Waals surface area contributed by atoms with Gasteiger partial charge in [0.15, 0.2) is 0 Å². The molecular formula is C9H15N3O. The summed E-state index contributed by atoms with van der Waals surface area (Å²) in [7, 11) is 1.86. The quantitative estimate of drug-likeness (QED) is 0.730. The fourth-order valence-corrected chi connectivity index (χ4v) is 1.62. The summed E-state index contributed by atoms with van der Waals surface area (Å²) in [6.45, 7) is 3.72. The first-order valence-electron chi connectivity index (χ1n) is 4.56. The van der Waals surface area contributed by atoms with Crippen LogP contribution in [0.4, 0.5) is 5.82 Å². The predicted molar refractivity (Wildman–Crippen MR) is 50.4 cm³/mol. The summed E-state index contributed by atoms with van der Waals surface area (Å²) in [5, 5.41) is 4.39. The summed E-state index contributed by atoms with van der Waals surface area (Å²) in [5.41, 5.74) is 6.94. The van der Waals surface area contributed by atoms with Crippen LogP contribution in [0.3, 0.4) is 0 Å². The van der Waals surface area contributed by atoms with Crippen molar-refractivity contribution in [1.82, 2.24) is 9.78 Å². The number of aromatic nitrogens is 2. The second-order valence-corrected chi connectivity index (χ2v) is 3.70. The molecule has 0 radical (unpaired) electrons. The van der Waals surface area contributed by atoms with E-state index in [0.29, 0.717) is 0 Å². The predicted octanol–water partition coefficient (Wildman–Crippen LogP) is 0.680. The van der Waals surface area contributed by atoms with Crippen molar-refractivity contribution < 1.29 is 4.74 Å². The normalized spacial score (nSPS) is 19.8. The maximum absolute atomic E-state index is 5.73. The highest BCUT2D eigenvalue weighted by Crippen LogP contribution is 2.35. The van der Waals surface area contributed by atoms with Crippen LogP contribution in [-0.4, -0.2) is 23.0 Å². The molecule has 2 heterocycles. The van der Waals surface area contributed by atoms with Crippen LogP contribution < -0.4 is 5.73 Å². The highest BCUT2D eigenvalue weighted by molar-refractivity contribution is 5.35. The van der Waals surface area contributed by atoms with Crippen LogP contribution in [0.25, 0.3) is 0 Å². The van der Waals surface area contributed by atoms with Crippen molar-refractivity contribution in [3.05, 3.63) is 11.8 Å². The summed E-state index contributed by atoms with van der Waals surface area (Å²) in [4.78, 5) is 0. The van der Waals surface area contributed by atoms with E-state index in [0.717, 1.165) is 31.1 Å². The second kappa shape index (κ2) is 2.73. The van der Waals surface area contributed by atoms with Crippen molar-refractivity contribution in [3.63, 3.8) is 0 Å². The van der Waals surface area contributed by atoms with Crippen molar-refractivity contribution in [1.29, 1.82) is 0 Å². The summed E-state index contributed by atoms with van der Waals surface area (Å²) >= 11 is 0. The number of hydrogen-bond acceptors (Lipinski definition) is 3. The van der Waals surface area contributed by atoms with E-state index in [1.54, 1.807) is 4.68 Å². The fraction of sp³-hybridized carbons (Fsp3) is 0.667. The monoisotopic (exact) mass is 181 g/mol. The molecule has 4 heteroatoms. The van der Waals surface area contributed by atoms with E-state index in [1.165, 1.54) is 0 Å². The number of aryl methyl sites for hydroxylation is 1. The number of anilines is 1. The van der Waals surface area contributed by atoms with Gasteiger partial charge in [-0.05, 0) is 6.42 Å². The number of nitrogen functional groups attached to an aromatic ring is 1. The summed E-state index contributed by atoms with van der Waals surface area (Å²) in [6, 6.07) is 1.95. The zero-order chi connectivity index (χ0) is 9.47.